The number of aliphatic hydroxyl groups is 1. The Morgan fingerprint density at radius 2 is 1.77 bits per heavy atom. The average Bonchev–Trinajstić information content (AvgIpc) is 3.28. The molecule has 11 heteroatoms. The minimum atomic E-state index is -5.08. The smallest absolute Gasteiger partial charge is 0.475 e. The third-order valence-electron chi connectivity index (χ3n) is 6.85. The molecule has 0 bridgehead atoms. The molecule has 0 radical (unpaired) electrons. The number of halogens is 4. The van der Waals surface area contributed by atoms with E-state index in [9.17, 15) is 23.1 Å². The number of hydrogen-bond donors (Lipinski definition) is 4. The van der Waals surface area contributed by atoms with Crippen molar-refractivity contribution in [3.63, 3.8) is 0 Å². The molecule has 218 valence electrons. The maximum atomic E-state index is 13.3. The fourth-order valence-corrected chi connectivity index (χ4v) is 5.30. The van der Waals surface area contributed by atoms with Crippen molar-refractivity contribution in [1.29, 1.82) is 0 Å². The number of rotatable bonds is 7. The molecule has 1 saturated heterocycles. The Kier molecular flexibility index (Phi) is 10.6. The van der Waals surface area contributed by atoms with Crippen LogP contribution in [0.2, 0.25) is 5.02 Å². The number of nitrogens with one attached hydrogen (secondary N) is 2. The summed E-state index contributed by atoms with van der Waals surface area (Å²) in [6.45, 7) is 8.64. The first-order valence-electron chi connectivity index (χ1n) is 13.1. The van der Waals surface area contributed by atoms with Crippen LogP contribution in [0.3, 0.4) is 0 Å². The van der Waals surface area contributed by atoms with Crippen LogP contribution in [0.25, 0.3) is 10.9 Å². The van der Waals surface area contributed by atoms with Crippen LogP contribution in [-0.2, 0) is 11.2 Å². The number of H-pyrrole nitrogens is 1. The summed E-state index contributed by atoms with van der Waals surface area (Å²) in [5.74, 6) is -1.58. The Hall–Kier alpha value is -3.08. The Morgan fingerprint density at radius 1 is 1.15 bits per heavy atom. The van der Waals surface area contributed by atoms with Crippen LogP contribution in [0, 0.1) is 11.8 Å². The third kappa shape index (κ3) is 8.46. The number of aromatic amines is 1. The van der Waals surface area contributed by atoms with E-state index in [-0.39, 0.29) is 11.9 Å². The summed E-state index contributed by atoms with van der Waals surface area (Å²) >= 11 is 6.04. The van der Waals surface area contributed by atoms with Gasteiger partial charge in [-0.1, -0.05) is 49.7 Å². The van der Waals surface area contributed by atoms with Gasteiger partial charge < -0.3 is 25.4 Å². The molecule has 0 spiro atoms. The lowest BCUT2D eigenvalue weighted by molar-refractivity contribution is -0.192. The maximum absolute atomic E-state index is 13.3. The number of carbonyl (C=O) groups is 2. The number of fused-ring (bicyclic) bond motifs is 1. The Morgan fingerprint density at radius 3 is 2.38 bits per heavy atom. The zero-order valence-electron chi connectivity index (χ0n) is 22.6. The van der Waals surface area contributed by atoms with E-state index >= 15 is 0 Å². The lowest BCUT2D eigenvalue weighted by atomic mass is 9.91. The largest absolute Gasteiger partial charge is 0.490 e. The number of aliphatic hydroxyl groups excluding tert-OH is 1. The van der Waals surface area contributed by atoms with Gasteiger partial charge in [-0.3, -0.25) is 4.79 Å². The number of carbonyl (C=O) groups excluding carboxylic acids is 1. The highest BCUT2D eigenvalue weighted by molar-refractivity contribution is 6.30. The van der Waals surface area contributed by atoms with E-state index in [1.54, 1.807) is 12.1 Å². The number of hydrogen-bond acceptors (Lipinski definition) is 4. The number of carboxylic acids is 1. The van der Waals surface area contributed by atoms with Crippen LogP contribution >= 0.6 is 11.6 Å². The summed E-state index contributed by atoms with van der Waals surface area (Å²) in [5, 5.41) is 22.7. The molecule has 1 aliphatic rings. The first-order chi connectivity index (χ1) is 18.8. The highest BCUT2D eigenvalue weighted by Gasteiger charge is 2.38. The molecule has 1 fully saturated rings. The monoisotopic (exact) mass is 581 g/mol. The summed E-state index contributed by atoms with van der Waals surface area (Å²) in [4.78, 5) is 27.6. The fraction of sp³-hybridized carbons (Fsp3) is 0.448. The molecule has 1 aromatic heterocycles. The molecule has 2 unspecified atom stereocenters. The maximum Gasteiger partial charge on any atom is 0.490 e. The SMILES string of the molecule is CC1CC(C)CN(C(=O)c2cccc3c(C[C@@H](C)NC[C@H](O)c4cccc(Cl)c4)c[nH]c23)C1.O=C(O)C(F)(F)F. The fourth-order valence-electron chi connectivity index (χ4n) is 5.11. The molecule has 1 aliphatic heterocycles. The van der Waals surface area contributed by atoms with Crippen molar-refractivity contribution in [3.05, 3.63) is 70.4 Å². The Bertz CT molecular complexity index is 1300. The van der Waals surface area contributed by atoms with Gasteiger partial charge in [-0.2, -0.15) is 13.2 Å². The van der Waals surface area contributed by atoms with Crippen LogP contribution in [-0.4, -0.2) is 63.8 Å². The number of aliphatic carboxylic acids is 1. The molecule has 3 aromatic rings. The summed E-state index contributed by atoms with van der Waals surface area (Å²) in [7, 11) is 0. The minimum Gasteiger partial charge on any atom is -0.475 e. The van der Waals surface area contributed by atoms with Gasteiger partial charge >= 0.3 is 12.1 Å². The van der Waals surface area contributed by atoms with Crippen LogP contribution in [0.1, 0.15) is 54.8 Å². The van der Waals surface area contributed by atoms with Crippen molar-refractivity contribution in [1.82, 2.24) is 15.2 Å². The summed E-state index contributed by atoms with van der Waals surface area (Å²) < 4.78 is 31.7. The van der Waals surface area contributed by atoms with Gasteiger partial charge in [0.2, 0.25) is 0 Å². The van der Waals surface area contributed by atoms with Gasteiger partial charge in [-0.15, -0.1) is 0 Å². The van der Waals surface area contributed by atoms with Crippen molar-refractivity contribution in [2.24, 2.45) is 11.8 Å². The van der Waals surface area contributed by atoms with Gasteiger partial charge in [-0.25, -0.2) is 4.79 Å². The third-order valence-corrected chi connectivity index (χ3v) is 7.08. The topological polar surface area (TPSA) is 106 Å². The number of carboxylic acid groups (broad SMARTS) is 1. The van der Waals surface area contributed by atoms with Gasteiger partial charge in [-0.05, 0) is 60.9 Å². The van der Waals surface area contributed by atoms with Crippen LogP contribution in [0.15, 0.2) is 48.7 Å². The second kappa shape index (κ2) is 13.5. The molecular weight excluding hydrogens is 547 g/mol. The van der Waals surface area contributed by atoms with Crippen molar-refractivity contribution in [2.75, 3.05) is 19.6 Å². The Labute approximate surface area is 236 Å². The van der Waals surface area contributed by atoms with Crippen LogP contribution in [0.5, 0.6) is 0 Å². The van der Waals surface area contributed by atoms with E-state index in [1.165, 1.54) is 6.42 Å². The van der Waals surface area contributed by atoms with Gasteiger partial charge in [0, 0.05) is 42.3 Å². The number of benzene rings is 2. The van der Waals surface area contributed by atoms with E-state index in [2.05, 4.69) is 37.1 Å². The number of amides is 1. The van der Waals surface area contributed by atoms with E-state index in [0.717, 1.165) is 47.1 Å². The van der Waals surface area contributed by atoms with Crippen molar-refractivity contribution >= 4 is 34.4 Å². The predicted octanol–water partition coefficient (Wildman–Crippen LogP) is 5.83. The summed E-state index contributed by atoms with van der Waals surface area (Å²) in [5.41, 5.74) is 3.63. The summed E-state index contributed by atoms with van der Waals surface area (Å²) in [6, 6.07) is 13.5. The minimum absolute atomic E-state index is 0.114. The first-order valence-corrected chi connectivity index (χ1v) is 13.5. The zero-order valence-corrected chi connectivity index (χ0v) is 23.4. The van der Waals surface area contributed by atoms with Crippen molar-refractivity contribution < 1.29 is 33.0 Å². The highest BCUT2D eigenvalue weighted by atomic mass is 35.5. The predicted molar refractivity (Wildman–Crippen MR) is 148 cm³/mol. The van der Waals surface area contributed by atoms with Gasteiger partial charge in [0.1, 0.15) is 0 Å². The molecule has 1 amide bonds. The molecule has 2 heterocycles. The molecule has 0 aliphatic carbocycles. The second-order valence-electron chi connectivity index (χ2n) is 10.6. The standard InChI is InChI=1S/C27H34ClN3O2.C2HF3O2/c1-17-10-18(2)16-31(15-17)27(33)24-9-5-8-23-21(13-30-26(23)24)11-19(3)29-14-25(32)20-6-4-7-22(28)12-20;3-2(4,5)1(6)7/h4-9,12-13,17-19,25,29-30,32H,10-11,14-16H2,1-3H3;(H,6,7)/t17?,18?,19-,25+;/m1./s1. The number of alkyl halides is 3. The lowest BCUT2D eigenvalue weighted by Gasteiger charge is -2.35. The zero-order chi connectivity index (χ0) is 29.6. The quantitative estimate of drug-likeness (QED) is 0.281. The van der Waals surface area contributed by atoms with Crippen molar-refractivity contribution in [3.8, 4) is 0 Å². The number of nitrogens with zero attached hydrogens (tertiary/aromatic N) is 1. The molecule has 0 saturated carbocycles. The van der Waals surface area contributed by atoms with E-state index in [1.807, 2.05) is 35.4 Å². The van der Waals surface area contributed by atoms with Gasteiger partial charge in [0.15, 0.2) is 0 Å². The molecule has 4 atom stereocenters. The molecule has 40 heavy (non-hydrogen) atoms. The number of piperidine rings is 1. The Balaban J connectivity index is 0.000000559. The first kappa shape index (κ1) is 31.4. The molecular formula is C29H35ClF3N3O4. The molecule has 7 nitrogen and oxygen atoms in total. The molecule has 4 N–H and O–H groups in total. The second-order valence-corrected chi connectivity index (χ2v) is 11.0. The van der Waals surface area contributed by atoms with E-state index < -0.39 is 18.2 Å². The average molecular weight is 582 g/mol. The number of para-hydroxylation sites is 1. The van der Waals surface area contributed by atoms with Crippen LogP contribution < -0.4 is 5.32 Å². The molecule has 4 rings (SSSR count). The van der Waals surface area contributed by atoms with Crippen molar-refractivity contribution in [2.45, 2.75) is 51.9 Å². The van der Waals surface area contributed by atoms with Crippen LogP contribution in [0.4, 0.5) is 13.2 Å². The number of likely N-dealkylation sites (tertiary alicyclic amines) is 1. The lowest BCUT2D eigenvalue weighted by Crippen LogP contribution is -2.42. The van der Waals surface area contributed by atoms with Gasteiger partial charge in [0.25, 0.3) is 5.91 Å². The normalized spacial score (nSPS) is 19.1. The number of aromatic nitrogens is 1. The van der Waals surface area contributed by atoms with E-state index in [0.29, 0.717) is 23.4 Å². The summed E-state index contributed by atoms with van der Waals surface area (Å²) in [6.07, 6.45) is -1.73. The molecule has 2 aromatic carbocycles. The highest BCUT2D eigenvalue weighted by Crippen LogP contribution is 2.27. The van der Waals surface area contributed by atoms with Gasteiger partial charge in [0.05, 0.1) is 17.2 Å². The van der Waals surface area contributed by atoms with E-state index in [4.69, 9.17) is 21.5 Å².